The largest absolute Gasteiger partial charge is 0.416 e. The summed E-state index contributed by atoms with van der Waals surface area (Å²) in [7, 11) is 1.74. The minimum Gasteiger partial charge on any atom is -0.403 e. The highest BCUT2D eigenvalue weighted by molar-refractivity contribution is 6.42. The van der Waals surface area contributed by atoms with Crippen LogP contribution in [0, 0.1) is 5.41 Å². The van der Waals surface area contributed by atoms with Gasteiger partial charge in [0.2, 0.25) is 5.95 Å². The summed E-state index contributed by atoms with van der Waals surface area (Å²) in [6.07, 6.45) is -1.48. The summed E-state index contributed by atoms with van der Waals surface area (Å²) < 4.78 is 83.1. The summed E-state index contributed by atoms with van der Waals surface area (Å²) in [5, 5.41) is 12.6. The Morgan fingerprint density at radius 3 is 2.17 bits per heavy atom. The lowest BCUT2D eigenvalue weighted by Crippen LogP contribution is -2.40. The van der Waals surface area contributed by atoms with Gasteiger partial charge in [0.25, 0.3) is 0 Å². The Kier molecular flexibility index (Phi) is 8.52. The van der Waals surface area contributed by atoms with Crippen LogP contribution in [0.4, 0.5) is 32.3 Å². The van der Waals surface area contributed by atoms with Crippen LogP contribution >= 0.6 is 11.6 Å². The highest BCUT2D eigenvalue weighted by atomic mass is 35.5. The molecule has 0 amide bonds. The number of hydrogen-bond donors (Lipinski definition) is 2. The SMILES string of the molecule is CCC1C[C@H](N(Cc2cc(C(F)(F)F)cc(C(F)(F)F)c2)c2ncc(-c3cnn(C)c3)cn2)CN1C(=N)C(Cl)=CN. The van der Waals surface area contributed by atoms with Crippen molar-refractivity contribution in [3.63, 3.8) is 0 Å². The molecule has 1 aromatic carbocycles. The molecule has 0 spiro atoms. The lowest BCUT2D eigenvalue weighted by atomic mass is 10.0. The molecule has 220 valence electrons. The summed E-state index contributed by atoms with van der Waals surface area (Å²) in [5.41, 5.74) is 3.82. The van der Waals surface area contributed by atoms with Crippen molar-refractivity contribution in [3.8, 4) is 11.1 Å². The van der Waals surface area contributed by atoms with E-state index in [9.17, 15) is 26.3 Å². The fourth-order valence-corrected chi connectivity index (χ4v) is 4.96. The number of nitrogens with zero attached hydrogens (tertiary/aromatic N) is 6. The van der Waals surface area contributed by atoms with Crippen molar-refractivity contribution < 1.29 is 26.3 Å². The van der Waals surface area contributed by atoms with Crippen molar-refractivity contribution in [1.82, 2.24) is 24.6 Å². The third-order valence-electron chi connectivity index (χ3n) is 6.90. The van der Waals surface area contributed by atoms with E-state index in [2.05, 4.69) is 15.1 Å². The summed E-state index contributed by atoms with van der Waals surface area (Å²) in [4.78, 5) is 12.1. The van der Waals surface area contributed by atoms with Crippen molar-refractivity contribution in [2.24, 2.45) is 12.8 Å². The fourth-order valence-electron chi connectivity index (χ4n) is 4.85. The van der Waals surface area contributed by atoms with Crippen LogP contribution in [0.5, 0.6) is 0 Å². The molecular formula is C26H27ClF6N8. The third-order valence-corrected chi connectivity index (χ3v) is 7.20. The van der Waals surface area contributed by atoms with Gasteiger partial charge in [-0.05, 0) is 36.6 Å². The lowest BCUT2D eigenvalue weighted by molar-refractivity contribution is -0.143. The van der Waals surface area contributed by atoms with Crippen molar-refractivity contribution in [2.45, 2.75) is 50.7 Å². The van der Waals surface area contributed by atoms with Crippen molar-refractivity contribution in [3.05, 3.63) is 70.9 Å². The Balaban J connectivity index is 1.76. The van der Waals surface area contributed by atoms with E-state index in [1.807, 2.05) is 6.92 Å². The highest BCUT2D eigenvalue weighted by Crippen LogP contribution is 2.37. The number of nitrogens with two attached hydrogens (primary N) is 1. The summed E-state index contributed by atoms with van der Waals surface area (Å²) >= 11 is 6.10. The van der Waals surface area contributed by atoms with E-state index in [0.717, 1.165) is 11.8 Å². The molecular weight excluding hydrogens is 574 g/mol. The van der Waals surface area contributed by atoms with Crippen LogP contribution in [0.2, 0.25) is 0 Å². The van der Waals surface area contributed by atoms with Gasteiger partial charge in [0.1, 0.15) is 5.84 Å². The molecule has 4 rings (SSSR count). The zero-order valence-corrected chi connectivity index (χ0v) is 22.8. The number of anilines is 1. The second kappa shape index (κ2) is 11.6. The predicted molar refractivity (Wildman–Crippen MR) is 142 cm³/mol. The van der Waals surface area contributed by atoms with Gasteiger partial charge in [-0.1, -0.05) is 18.5 Å². The zero-order chi connectivity index (χ0) is 30.1. The predicted octanol–water partition coefficient (Wildman–Crippen LogP) is 5.79. The molecule has 0 bridgehead atoms. The normalized spacial score (nSPS) is 18.2. The number of nitrogens with one attached hydrogen (secondary N) is 1. The summed E-state index contributed by atoms with van der Waals surface area (Å²) in [6.45, 7) is 1.75. The van der Waals surface area contributed by atoms with E-state index in [-0.39, 0.29) is 47.6 Å². The van der Waals surface area contributed by atoms with Crippen molar-refractivity contribution in [1.29, 1.82) is 5.41 Å². The number of hydrogen-bond acceptors (Lipinski definition) is 6. The van der Waals surface area contributed by atoms with Gasteiger partial charge in [0, 0.05) is 62.1 Å². The molecule has 1 aliphatic heterocycles. The number of rotatable bonds is 7. The standard InChI is InChI=1S/C26H27ClF6N8/c1-3-20-7-21(14-40(20)23(35)22(27)8-34)41(24-36-9-16(10-37-24)17-11-38-39(2)13-17)12-15-4-18(25(28,29)30)6-19(5-15)26(31,32)33/h4-6,8-11,13,20-21,35H,3,7,12,14,34H2,1-2H3/t20?,21-/m0/s1. The van der Waals surface area contributed by atoms with E-state index in [1.54, 1.807) is 33.9 Å². The molecule has 2 aromatic heterocycles. The van der Waals surface area contributed by atoms with E-state index in [0.29, 0.717) is 30.5 Å². The Bertz CT molecular complexity index is 1380. The molecule has 1 fully saturated rings. The van der Waals surface area contributed by atoms with Crippen LogP contribution in [-0.2, 0) is 25.9 Å². The molecule has 15 heteroatoms. The Morgan fingerprint density at radius 2 is 1.68 bits per heavy atom. The Hall–Kier alpha value is -3.81. The van der Waals surface area contributed by atoms with Crippen LogP contribution in [0.15, 0.2) is 54.2 Å². The molecule has 1 unspecified atom stereocenters. The van der Waals surface area contributed by atoms with Gasteiger partial charge in [-0.3, -0.25) is 10.1 Å². The second-order valence-corrected chi connectivity index (χ2v) is 10.1. The summed E-state index contributed by atoms with van der Waals surface area (Å²) in [6, 6.07) is 0.833. The number of alkyl halides is 6. The van der Waals surface area contributed by atoms with Crippen LogP contribution in [0.1, 0.15) is 36.5 Å². The molecule has 1 saturated heterocycles. The number of halogens is 7. The van der Waals surface area contributed by atoms with Gasteiger partial charge in [0.15, 0.2) is 0 Å². The van der Waals surface area contributed by atoms with Crippen LogP contribution in [0.3, 0.4) is 0 Å². The van der Waals surface area contributed by atoms with E-state index >= 15 is 0 Å². The van der Waals surface area contributed by atoms with Crippen LogP contribution in [0.25, 0.3) is 11.1 Å². The number of likely N-dealkylation sites (tertiary alicyclic amines) is 1. The maximum absolute atomic E-state index is 13.6. The van der Waals surface area contributed by atoms with E-state index in [1.165, 1.54) is 12.4 Å². The third kappa shape index (κ3) is 6.75. The fraction of sp³-hybridized carbons (Fsp3) is 0.385. The molecule has 0 aliphatic carbocycles. The van der Waals surface area contributed by atoms with Gasteiger partial charge in [0.05, 0.1) is 28.4 Å². The number of aromatic nitrogens is 4. The second-order valence-electron chi connectivity index (χ2n) is 9.68. The van der Waals surface area contributed by atoms with Crippen molar-refractivity contribution in [2.75, 3.05) is 11.4 Å². The molecule has 0 saturated carbocycles. The number of amidine groups is 1. The monoisotopic (exact) mass is 600 g/mol. The van der Waals surface area contributed by atoms with Gasteiger partial charge < -0.3 is 15.5 Å². The molecule has 8 nitrogen and oxygen atoms in total. The van der Waals surface area contributed by atoms with Gasteiger partial charge >= 0.3 is 12.4 Å². The lowest BCUT2D eigenvalue weighted by Gasteiger charge is -2.30. The zero-order valence-electron chi connectivity index (χ0n) is 22.0. The molecule has 41 heavy (non-hydrogen) atoms. The molecule has 3 N–H and O–H groups in total. The smallest absolute Gasteiger partial charge is 0.403 e. The van der Waals surface area contributed by atoms with E-state index < -0.39 is 29.5 Å². The van der Waals surface area contributed by atoms with Gasteiger partial charge in [-0.25, -0.2) is 9.97 Å². The first-order chi connectivity index (χ1) is 19.2. The molecule has 0 radical (unpaired) electrons. The Morgan fingerprint density at radius 1 is 1.07 bits per heavy atom. The topological polar surface area (TPSA) is 100.0 Å². The maximum atomic E-state index is 13.6. The average molecular weight is 601 g/mol. The quantitative estimate of drug-likeness (QED) is 0.202. The van der Waals surface area contributed by atoms with Gasteiger partial charge in [-0.2, -0.15) is 31.4 Å². The van der Waals surface area contributed by atoms with Crippen LogP contribution in [-0.4, -0.2) is 49.1 Å². The Labute approximate surface area is 236 Å². The molecule has 2 atom stereocenters. The van der Waals surface area contributed by atoms with Crippen LogP contribution < -0.4 is 10.6 Å². The van der Waals surface area contributed by atoms with Crippen molar-refractivity contribution >= 4 is 23.4 Å². The van der Waals surface area contributed by atoms with E-state index in [4.69, 9.17) is 22.7 Å². The minimum atomic E-state index is -4.99. The number of aryl methyl sites for hydroxylation is 1. The minimum absolute atomic E-state index is 0.0143. The first kappa shape index (κ1) is 30.2. The first-order valence-corrected chi connectivity index (χ1v) is 12.9. The summed E-state index contributed by atoms with van der Waals surface area (Å²) in [5.74, 6) is 0.0760. The number of benzene rings is 1. The van der Waals surface area contributed by atoms with Gasteiger partial charge in [-0.15, -0.1) is 0 Å². The molecule has 3 heterocycles. The molecule has 3 aromatic rings. The maximum Gasteiger partial charge on any atom is 0.416 e. The molecule has 1 aliphatic rings. The first-order valence-electron chi connectivity index (χ1n) is 12.5. The highest BCUT2D eigenvalue weighted by Gasteiger charge is 2.39. The average Bonchev–Trinajstić information content (AvgIpc) is 3.56.